The minimum absolute atomic E-state index is 0.132. The fourth-order valence-corrected chi connectivity index (χ4v) is 6.46. The Hall–Kier alpha value is -3.14. The van der Waals surface area contributed by atoms with Crippen molar-refractivity contribution in [2.45, 2.75) is 24.7 Å². The second-order valence-corrected chi connectivity index (χ2v) is 11.4. The van der Waals surface area contributed by atoms with Gasteiger partial charge in [-0.05, 0) is 56.2 Å². The maximum atomic E-state index is 12.9. The molecule has 0 radical (unpaired) electrons. The van der Waals surface area contributed by atoms with Crippen LogP contribution in [0.2, 0.25) is 0 Å². The minimum atomic E-state index is -3.54. The number of nitrogens with zero attached hydrogens (tertiary/aromatic N) is 3. The number of thiazole rings is 1. The highest BCUT2D eigenvalue weighted by molar-refractivity contribution is 7.89. The van der Waals surface area contributed by atoms with E-state index in [4.69, 9.17) is 0 Å². The fourth-order valence-electron chi connectivity index (χ4n) is 4.04. The number of sulfonamides is 1. The molecule has 2 aromatic carbocycles. The van der Waals surface area contributed by atoms with Crippen LogP contribution < -0.4 is 5.32 Å². The maximum Gasteiger partial charge on any atom is 0.243 e. The lowest BCUT2D eigenvalue weighted by atomic mass is 9.97. The molecule has 0 unspecified atom stereocenters. The van der Waals surface area contributed by atoms with Crippen LogP contribution in [0.15, 0.2) is 71.8 Å². The first-order valence-corrected chi connectivity index (χ1v) is 13.4. The van der Waals surface area contributed by atoms with Crippen LogP contribution in [-0.2, 0) is 14.8 Å². The van der Waals surface area contributed by atoms with Gasteiger partial charge in [0.1, 0.15) is 10.8 Å². The minimum Gasteiger partial charge on any atom is -0.310 e. The van der Waals surface area contributed by atoms with E-state index in [1.807, 2.05) is 37.3 Å². The lowest BCUT2D eigenvalue weighted by Crippen LogP contribution is -2.41. The van der Waals surface area contributed by atoms with Gasteiger partial charge >= 0.3 is 0 Å². The summed E-state index contributed by atoms with van der Waals surface area (Å²) in [5.74, 6) is 0.0902. The number of piperidine rings is 1. The van der Waals surface area contributed by atoms with Gasteiger partial charge in [-0.15, -0.1) is 11.3 Å². The standard InChI is InChI=1S/C25H24N4O3S2/c1-17-6-9-20(10-7-17)34(31,32)29-14-12-18(13-15-29)24(30)28-23-11-8-19(16-26-23)25-27-21-4-2-3-5-22(21)33-25/h2-11,16,18H,12-15H2,1H3,(H,26,28,30). The molecule has 34 heavy (non-hydrogen) atoms. The molecule has 1 aliphatic heterocycles. The van der Waals surface area contributed by atoms with E-state index >= 15 is 0 Å². The number of nitrogens with one attached hydrogen (secondary N) is 1. The summed E-state index contributed by atoms with van der Waals surface area (Å²) in [6.45, 7) is 2.56. The molecule has 0 saturated carbocycles. The maximum absolute atomic E-state index is 12.9. The van der Waals surface area contributed by atoms with Crippen molar-refractivity contribution in [3.8, 4) is 10.6 Å². The van der Waals surface area contributed by atoms with E-state index in [2.05, 4.69) is 15.3 Å². The number of hydrogen-bond donors (Lipinski definition) is 1. The van der Waals surface area contributed by atoms with Crippen molar-refractivity contribution >= 4 is 43.3 Å². The first-order valence-electron chi connectivity index (χ1n) is 11.1. The molecule has 5 rings (SSSR count). The van der Waals surface area contributed by atoms with Crippen molar-refractivity contribution in [1.82, 2.24) is 14.3 Å². The Bertz CT molecular complexity index is 1390. The molecular formula is C25H24N4O3S2. The predicted octanol–water partition coefficient (Wildman–Crippen LogP) is 4.71. The number of fused-ring (bicyclic) bond motifs is 1. The Morgan fingerprint density at radius 3 is 2.44 bits per heavy atom. The van der Waals surface area contributed by atoms with Crippen LogP contribution in [0.25, 0.3) is 20.8 Å². The number of anilines is 1. The summed E-state index contributed by atoms with van der Waals surface area (Å²) >= 11 is 1.60. The van der Waals surface area contributed by atoms with Crippen LogP contribution in [0.3, 0.4) is 0 Å². The molecule has 1 fully saturated rings. The third-order valence-electron chi connectivity index (χ3n) is 6.04. The van der Waals surface area contributed by atoms with Gasteiger partial charge in [0.15, 0.2) is 0 Å². The molecule has 9 heteroatoms. The molecule has 1 N–H and O–H groups in total. The number of rotatable bonds is 5. The zero-order valence-electron chi connectivity index (χ0n) is 18.6. The van der Waals surface area contributed by atoms with Gasteiger partial charge in [0.05, 0.1) is 15.1 Å². The zero-order chi connectivity index (χ0) is 23.7. The molecule has 0 aliphatic carbocycles. The Balaban J connectivity index is 1.19. The average molecular weight is 493 g/mol. The average Bonchev–Trinajstić information content (AvgIpc) is 3.29. The normalized spacial score (nSPS) is 15.4. The van der Waals surface area contributed by atoms with Gasteiger partial charge in [0.2, 0.25) is 15.9 Å². The molecular weight excluding hydrogens is 468 g/mol. The van der Waals surface area contributed by atoms with Crippen LogP contribution >= 0.6 is 11.3 Å². The quantitative estimate of drug-likeness (QED) is 0.436. The lowest BCUT2D eigenvalue weighted by molar-refractivity contribution is -0.120. The molecule has 3 heterocycles. The van der Waals surface area contributed by atoms with Gasteiger partial charge in [0, 0.05) is 30.8 Å². The van der Waals surface area contributed by atoms with Crippen molar-refractivity contribution in [2.24, 2.45) is 5.92 Å². The monoisotopic (exact) mass is 492 g/mol. The first kappa shape index (κ1) is 22.6. The molecule has 0 spiro atoms. The summed E-state index contributed by atoms with van der Waals surface area (Å²) in [5, 5.41) is 3.76. The molecule has 0 bridgehead atoms. The van der Waals surface area contributed by atoms with Gasteiger partial charge in [-0.25, -0.2) is 18.4 Å². The molecule has 1 aliphatic rings. The molecule has 174 valence electrons. The van der Waals surface area contributed by atoms with E-state index in [-0.39, 0.29) is 11.8 Å². The number of hydrogen-bond acceptors (Lipinski definition) is 6. The second kappa shape index (κ2) is 9.25. The number of aromatic nitrogens is 2. The molecule has 1 amide bonds. The predicted molar refractivity (Wildman–Crippen MR) is 134 cm³/mol. The summed E-state index contributed by atoms with van der Waals surface area (Å²) in [7, 11) is -3.54. The largest absolute Gasteiger partial charge is 0.310 e. The zero-order valence-corrected chi connectivity index (χ0v) is 20.3. The van der Waals surface area contributed by atoms with Crippen molar-refractivity contribution in [2.75, 3.05) is 18.4 Å². The van der Waals surface area contributed by atoms with E-state index in [0.717, 1.165) is 26.4 Å². The lowest BCUT2D eigenvalue weighted by Gasteiger charge is -2.30. The van der Waals surface area contributed by atoms with Gasteiger partial charge in [0.25, 0.3) is 0 Å². The van der Waals surface area contributed by atoms with Gasteiger partial charge < -0.3 is 5.32 Å². The Kier molecular flexibility index (Phi) is 6.16. The van der Waals surface area contributed by atoms with Crippen molar-refractivity contribution in [3.05, 3.63) is 72.4 Å². The van der Waals surface area contributed by atoms with E-state index < -0.39 is 10.0 Å². The van der Waals surface area contributed by atoms with Crippen LogP contribution in [0, 0.1) is 12.8 Å². The molecule has 1 saturated heterocycles. The highest BCUT2D eigenvalue weighted by atomic mass is 32.2. The van der Waals surface area contributed by atoms with Crippen LogP contribution in [-0.4, -0.2) is 41.7 Å². The topological polar surface area (TPSA) is 92.3 Å². The van der Waals surface area contributed by atoms with Crippen LogP contribution in [0.1, 0.15) is 18.4 Å². The first-order chi connectivity index (χ1) is 16.4. The summed E-state index contributed by atoms with van der Waals surface area (Å²) in [4.78, 5) is 22.1. The SMILES string of the molecule is Cc1ccc(S(=O)(=O)N2CCC(C(=O)Nc3ccc(-c4nc5ccccc5s4)cn3)CC2)cc1. The van der Waals surface area contributed by atoms with Crippen molar-refractivity contribution in [1.29, 1.82) is 0 Å². The number of benzene rings is 2. The van der Waals surface area contributed by atoms with E-state index in [1.165, 1.54) is 4.31 Å². The number of para-hydroxylation sites is 1. The number of amides is 1. The molecule has 7 nitrogen and oxygen atoms in total. The summed E-state index contributed by atoms with van der Waals surface area (Å²) in [5.41, 5.74) is 2.86. The van der Waals surface area contributed by atoms with E-state index in [9.17, 15) is 13.2 Å². The third kappa shape index (κ3) is 4.59. The van der Waals surface area contributed by atoms with Crippen LogP contribution in [0.4, 0.5) is 5.82 Å². The highest BCUT2D eigenvalue weighted by Crippen LogP contribution is 2.30. The molecule has 2 aromatic heterocycles. The van der Waals surface area contributed by atoms with Crippen LogP contribution in [0.5, 0.6) is 0 Å². The smallest absolute Gasteiger partial charge is 0.243 e. The Morgan fingerprint density at radius 1 is 1.03 bits per heavy atom. The Labute approximate surface area is 202 Å². The number of carbonyl (C=O) groups is 1. The second-order valence-electron chi connectivity index (χ2n) is 8.40. The van der Waals surface area contributed by atoms with Gasteiger partial charge in [-0.3, -0.25) is 4.79 Å². The van der Waals surface area contributed by atoms with E-state index in [1.54, 1.807) is 47.9 Å². The number of aryl methyl sites for hydroxylation is 1. The van der Waals surface area contributed by atoms with E-state index in [0.29, 0.717) is 36.6 Å². The summed E-state index contributed by atoms with van der Waals surface area (Å²) < 4.78 is 28.3. The highest BCUT2D eigenvalue weighted by Gasteiger charge is 2.32. The Morgan fingerprint density at radius 2 is 1.76 bits per heavy atom. The molecule has 4 aromatic rings. The third-order valence-corrected chi connectivity index (χ3v) is 9.04. The summed E-state index contributed by atoms with van der Waals surface area (Å²) in [6, 6.07) is 18.5. The fraction of sp³-hybridized carbons (Fsp3) is 0.240. The summed E-state index contributed by atoms with van der Waals surface area (Å²) in [6.07, 6.45) is 2.66. The van der Waals surface area contributed by atoms with Crippen molar-refractivity contribution < 1.29 is 13.2 Å². The number of pyridine rings is 1. The van der Waals surface area contributed by atoms with Crippen molar-refractivity contribution in [3.63, 3.8) is 0 Å². The number of carbonyl (C=O) groups excluding carboxylic acids is 1. The van der Waals surface area contributed by atoms with Gasteiger partial charge in [-0.2, -0.15) is 4.31 Å². The van der Waals surface area contributed by atoms with Gasteiger partial charge in [-0.1, -0.05) is 29.8 Å². The molecule has 0 atom stereocenters.